The molecular formula is C21H25NO3. The van der Waals surface area contributed by atoms with E-state index in [-0.39, 0.29) is 11.9 Å². The second-order valence-corrected chi connectivity index (χ2v) is 6.39. The maximum Gasteiger partial charge on any atom is 0.310 e. The molecule has 4 nitrogen and oxygen atoms in total. The van der Waals surface area contributed by atoms with Crippen LogP contribution in [0.2, 0.25) is 0 Å². The lowest BCUT2D eigenvalue weighted by Gasteiger charge is -2.31. The minimum atomic E-state index is -0.0617. The maximum absolute atomic E-state index is 12.0. The summed E-state index contributed by atoms with van der Waals surface area (Å²) < 4.78 is 11.1. The van der Waals surface area contributed by atoms with Gasteiger partial charge in [-0.05, 0) is 56.1 Å². The third kappa shape index (κ3) is 5.07. The maximum atomic E-state index is 12.0. The number of hydrogen-bond donors (Lipinski definition) is 0. The summed E-state index contributed by atoms with van der Waals surface area (Å²) in [7, 11) is 0. The first-order valence-corrected chi connectivity index (χ1v) is 8.95. The number of benzene rings is 2. The number of esters is 1. The Morgan fingerprint density at radius 3 is 2.72 bits per heavy atom. The fourth-order valence-corrected chi connectivity index (χ4v) is 3.24. The molecule has 0 unspecified atom stereocenters. The van der Waals surface area contributed by atoms with E-state index in [0.29, 0.717) is 6.61 Å². The monoisotopic (exact) mass is 339 g/mol. The molecule has 0 bridgehead atoms. The summed E-state index contributed by atoms with van der Waals surface area (Å²) in [5.74, 6) is 1.61. The molecule has 132 valence electrons. The van der Waals surface area contributed by atoms with E-state index in [1.807, 2.05) is 49.4 Å². The van der Waals surface area contributed by atoms with Crippen molar-refractivity contribution < 1.29 is 14.3 Å². The van der Waals surface area contributed by atoms with E-state index in [0.717, 1.165) is 44.0 Å². The van der Waals surface area contributed by atoms with E-state index in [1.54, 1.807) is 0 Å². The zero-order chi connectivity index (χ0) is 17.5. The van der Waals surface area contributed by atoms with Crippen LogP contribution in [0.5, 0.6) is 11.5 Å². The molecule has 1 fully saturated rings. The van der Waals surface area contributed by atoms with Gasteiger partial charge in [-0.2, -0.15) is 0 Å². The van der Waals surface area contributed by atoms with Crippen molar-refractivity contribution in [2.24, 2.45) is 5.92 Å². The molecule has 0 saturated carbocycles. The van der Waals surface area contributed by atoms with Gasteiger partial charge in [0.1, 0.15) is 11.5 Å². The van der Waals surface area contributed by atoms with Gasteiger partial charge in [0.25, 0.3) is 0 Å². The van der Waals surface area contributed by atoms with Gasteiger partial charge in [0.2, 0.25) is 0 Å². The standard InChI is InChI=1S/C21H25NO3/c1-2-24-21(23)18-9-7-13-22(16-18)15-17-8-6-12-20(14-17)25-19-10-4-3-5-11-19/h3-6,8,10-12,14,18H,2,7,9,13,15-16H2,1H3/t18-/m1/s1. The number of nitrogens with zero attached hydrogens (tertiary/aromatic N) is 1. The van der Waals surface area contributed by atoms with Gasteiger partial charge in [0.05, 0.1) is 12.5 Å². The van der Waals surface area contributed by atoms with Gasteiger partial charge in [-0.1, -0.05) is 30.3 Å². The van der Waals surface area contributed by atoms with E-state index < -0.39 is 0 Å². The van der Waals surface area contributed by atoms with Crippen molar-refractivity contribution in [2.75, 3.05) is 19.7 Å². The van der Waals surface area contributed by atoms with E-state index in [1.165, 1.54) is 5.56 Å². The van der Waals surface area contributed by atoms with Crippen LogP contribution in [-0.2, 0) is 16.1 Å². The van der Waals surface area contributed by atoms with E-state index >= 15 is 0 Å². The Bertz CT molecular complexity index is 687. The molecule has 1 saturated heterocycles. The number of rotatable bonds is 6. The van der Waals surface area contributed by atoms with Crippen LogP contribution in [0.15, 0.2) is 54.6 Å². The van der Waals surface area contributed by atoms with Gasteiger partial charge in [-0.3, -0.25) is 9.69 Å². The molecule has 0 amide bonds. The Morgan fingerprint density at radius 1 is 1.12 bits per heavy atom. The Hall–Kier alpha value is -2.33. The molecule has 0 aliphatic carbocycles. The van der Waals surface area contributed by atoms with Crippen LogP contribution in [0.1, 0.15) is 25.3 Å². The van der Waals surface area contributed by atoms with Crippen molar-refractivity contribution in [2.45, 2.75) is 26.3 Å². The molecule has 0 radical (unpaired) electrons. The normalized spacial score (nSPS) is 17.9. The highest BCUT2D eigenvalue weighted by Gasteiger charge is 2.26. The van der Waals surface area contributed by atoms with Crippen molar-refractivity contribution in [3.63, 3.8) is 0 Å². The van der Waals surface area contributed by atoms with Gasteiger partial charge in [-0.15, -0.1) is 0 Å². The number of carbonyl (C=O) groups excluding carboxylic acids is 1. The van der Waals surface area contributed by atoms with Crippen LogP contribution in [0.25, 0.3) is 0 Å². The predicted octanol–water partition coefficient (Wildman–Crippen LogP) is 4.25. The minimum absolute atomic E-state index is 0.00236. The number of carbonyl (C=O) groups is 1. The minimum Gasteiger partial charge on any atom is -0.466 e. The number of piperidine rings is 1. The highest BCUT2D eigenvalue weighted by atomic mass is 16.5. The molecule has 4 heteroatoms. The van der Waals surface area contributed by atoms with Crippen LogP contribution in [0, 0.1) is 5.92 Å². The molecule has 0 aromatic heterocycles. The third-order valence-electron chi connectivity index (χ3n) is 4.41. The van der Waals surface area contributed by atoms with Crippen molar-refractivity contribution in [3.05, 3.63) is 60.2 Å². The molecular weight excluding hydrogens is 314 g/mol. The molecule has 1 atom stereocenters. The largest absolute Gasteiger partial charge is 0.466 e. The average molecular weight is 339 g/mol. The Labute approximate surface area is 149 Å². The van der Waals surface area contributed by atoms with Crippen molar-refractivity contribution >= 4 is 5.97 Å². The van der Waals surface area contributed by atoms with Crippen LogP contribution in [0.4, 0.5) is 0 Å². The van der Waals surface area contributed by atoms with Crippen molar-refractivity contribution in [1.29, 1.82) is 0 Å². The molecule has 2 aromatic carbocycles. The number of hydrogen-bond acceptors (Lipinski definition) is 4. The SMILES string of the molecule is CCOC(=O)[C@@H]1CCCN(Cc2cccc(Oc3ccccc3)c2)C1. The van der Waals surface area contributed by atoms with Gasteiger partial charge >= 0.3 is 5.97 Å². The number of para-hydroxylation sites is 1. The third-order valence-corrected chi connectivity index (χ3v) is 4.41. The molecule has 1 heterocycles. The zero-order valence-electron chi connectivity index (χ0n) is 14.7. The smallest absolute Gasteiger partial charge is 0.310 e. The van der Waals surface area contributed by atoms with Gasteiger partial charge in [0, 0.05) is 13.1 Å². The summed E-state index contributed by atoms with van der Waals surface area (Å²) in [6, 6.07) is 17.9. The Morgan fingerprint density at radius 2 is 1.92 bits per heavy atom. The molecule has 0 spiro atoms. The van der Waals surface area contributed by atoms with Gasteiger partial charge in [0.15, 0.2) is 0 Å². The Kier molecular flexibility index (Phi) is 6.07. The van der Waals surface area contributed by atoms with Crippen LogP contribution >= 0.6 is 0 Å². The summed E-state index contributed by atoms with van der Waals surface area (Å²) in [6.07, 6.45) is 1.95. The average Bonchev–Trinajstić information content (AvgIpc) is 2.63. The van der Waals surface area contributed by atoms with Crippen LogP contribution < -0.4 is 4.74 Å². The van der Waals surface area contributed by atoms with Gasteiger partial charge < -0.3 is 9.47 Å². The van der Waals surface area contributed by atoms with E-state index in [9.17, 15) is 4.79 Å². The fourth-order valence-electron chi connectivity index (χ4n) is 3.24. The summed E-state index contributed by atoms with van der Waals surface area (Å²) >= 11 is 0. The number of ether oxygens (including phenoxy) is 2. The summed E-state index contributed by atoms with van der Waals surface area (Å²) in [4.78, 5) is 14.3. The molecule has 25 heavy (non-hydrogen) atoms. The predicted molar refractivity (Wildman–Crippen MR) is 97.6 cm³/mol. The van der Waals surface area contributed by atoms with E-state index in [4.69, 9.17) is 9.47 Å². The second-order valence-electron chi connectivity index (χ2n) is 6.39. The lowest BCUT2D eigenvalue weighted by molar-refractivity contribution is -0.150. The highest BCUT2D eigenvalue weighted by molar-refractivity contribution is 5.72. The molecule has 1 aliphatic rings. The quantitative estimate of drug-likeness (QED) is 0.737. The lowest BCUT2D eigenvalue weighted by atomic mass is 9.97. The summed E-state index contributed by atoms with van der Waals surface area (Å²) in [6.45, 7) is 4.91. The molecule has 1 aliphatic heterocycles. The first kappa shape index (κ1) is 17.5. The molecule has 3 rings (SSSR count). The van der Waals surface area contributed by atoms with Crippen LogP contribution in [0.3, 0.4) is 0 Å². The number of likely N-dealkylation sites (tertiary alicyclic amines) is 1. The van der Waals surface area contributed by atoms with Crippen molar-refractivity contribution in [1.82, 2.24) is 4.90 Å². The summed E-state index contributed by atoms with van der Waals surface area (Å²) in [5, 5.41) is 0. The summed E-state index contributed by atoms with van der Waals surface area (Å²) in [5.41, 5.74) is 1.19. The molecule has 0 N–H and O–H groups in total. The first-order chi connectivity index (χ1) is 12.2. The lowest BCUT2D eigenvalue weighted by Crippen LogP contribution is -2.38. The first-order valence-electron chi connectivity index (χ1n) is 8.95. The Balaban J connectivity index is 1.61. The highest BCUT2D eigenvalue weighted by Crippen LogP contribution is 2.24. The zero-order valence-corrected chi connectivity index (χ0v) is 14.7. The van der Waals surface area contributed by atoms with E-state index in [2.05, 4.69) is 17.0 Å². The molecule has 2 aromatic rings. The van der Waals surface area contributed by atoms with Crippen LogP contribution in [-0.4, -0.2) is 30.6 Å². The second kappa shape index (κ2) is 8.67. The van der Waals surface area contributed by atoms with Crippen molar-refractivity contribution in [3.8, 4) is 11.5 Å². The van der Waals surface area contributed by atoms with Gasteiger partial charge in [-0.25, -0.2) is 0 Å². The fraction of sp³-hybridized carbons (Fsp3) is 0.381. The topological polar surface area (TPSA) is 38.8 Å².